The van der Waals surface area contributed by atoms with Gasteiger partial charge in [0.2, 0.25) is 0 Å². The number of anilines is 1. The number of nitrogens with zero attached hydrogens (tertiary/aromatic N) is 3. The highest BCUT2D eigenvalue weighted by atomic mass is 16.5. The summed E-state index contributed by atoms with van der Waals surface area (Å²) >= 11 is 0. The molecule has 0 spiro atoms. The van der Waals surface area contributed by atoms with Crippen molar-refractivity contribution in [3.63, 3.8) is 0 Å². The first kappa shape index (κ1) is 20.8. The Labute approximate surface area is 192 Å². The third kappa shape index (κ3) is 3.63. The molecule has 33 heavy (non-hydrogen) atoms. The quantitative estimate of drug-likeness (QED) is 0.382. The summed E-state index contributed by atoms with van der Waals surface area (Å²) in [5.41, 5.74) is 6.03. The Kier molecular flexibility index (Phi) is 5.34. The predicted octanol–water partition coefficient (Wildman–Crippen LogP) is 5.45. The number of nitrogens with one attached hydrogen (secondary N) is 1. The molecule has 0 fully saturated rings. The van der Waals surface area contributed by atoms with Crippen LogP contribution in [0.4, 0.5) is 5.69 Å². The maximum absolute atomic E-state index is 5.88. The summed E-state index contributed by atoms with van der Waals surface area (Å²) in [5.74, 6) is 1.42. The van der Waals surface area contributed by atoms with Gasteiger partial charge in [0.25, 0.3) is 0 Å². The molecular weight excluding hydrogens is 412 g/mol. The largest absolute Gasteiger partial charge is 0.493 e. The summed E-state index contributed by atoms with van der Waals surface area (Å²) in [6, 6.07) is 20.8. The van der Waals surface area contributed by atoms with Crippen LogP contribution in [-0.2, 0) is 6.42 Å². The van der Waals surface area contributed by atoms with Gasteiger partial charge in [-0.1, -0.05) is 42.5 Å². The normalized spacial score (nSPS) is 11.2. The minimum Gasteiger partial charge on any atom is -0.493 e. The van der Waals surface area contributed by atoms with Crippen LogP contribution < -0.4 is 14.4 Å². The lowest BCUT2D eigenvalue weighted by molar-refractivity contribution is 0.353. The Bertz CT molecular complexity index is 1420. The molecule has 2 aromatic heterocycles. The number of methoxy groups -OCH3 is 2. The van der Waals surface area contributed by atoms with Crippen molar-refractivity contribution in [1.82, 2.24) is 15.2 Å². The van der Waals surface area contributed by atoms with E-state index in [1.54, 1.807) is 14.2 Å². The van der Waals surface area contributed by atoms with E-state index in [0.717, 1.165) is 50.1 Å². The summed E-state index contributed by atoms with van der Waals surface area (Å²) in [6.07, 6.45) is 2.53. The van der Waals surface area contributed by atoms with E-state index >= 15 is 0 Å². The van der Waals surface area contributed by atoms with Gasteiger partial charge >= 0.3 is 0 Å². The molecule has 5 aromatic rings. The number of ether oxygens (including phenoxy) is 2. The van der Waals surface area contributed by atoms with Gasteiger partial charge in [-0.15, -0.1) is 0 Å². The van der Waals surface area contributed by atoms with Crippen molar-refractivity contribution in [3.8, 4) is 22.8 Å². The van der Waals surface area contributed by atoms with Gasteiger partial charge in [-0.25, -0.2) is 4.98 Å². The Morgan fingerprint density at radius 2 is 1.67 bits per heavy atom. The highest BCUT2D eigenvalue weighted by molar-refractivity contribution is 6.13. The van der Waals surface area contributed by atoms with Crippen LogP contribution in [0.15, 0.2) is 66.9 Å². The fraction of sp³-hybridized carbons (Fsp3) is 0.185. The van der Waals surface area contributed by atoms with E-state index in [4.69, 9.17) is 14.5 Å². The standard InChI is InChI=1S/C27H26N4O2/c1-31(2)19-12-10-18(11-13-19)25-20-15-23(32-3)26(33-4)21(14-17-8-6-5-7-9-17)24(20)22-16-28-30-27(22)29-25/h5-13,15-16H,14H2,1-4H3,(H,28,29,30). The van der Waals surface area contributed by atoms with Crippen molar-refractivity contribution in [1.29, 1.82) is 0 Å². The SMILES string of the molecule is COc1cc2c(-c3ccc(N(C)C)cc3)nc3[nH]ncc3c2c(Cc2ccccc2)c1OC. The molecule has 0 atom stereocenters. The fourth-order valence-electron chi connectivity index (χ4n) is 4.39. The van der Waals surface area contributed by atoms with E-state index < -0.39 is 0 Å². The van der Waals surface area contributed by atoms with Crippen molar-refractivity contribution in [2.24, 2.45) is 0 Å². The zero-order chi connectivity index (χ0) is 22.9. The van der Waals surface area contributed by atoms with Crippen molar-refractivity contribution in [2.45, 2.75) is 6.42 Å². The van der Waals surface area contributed by atoms with Gasteiger partial charge in [0.1, 0.15) is 0 Å². The van der Waals surface area contributed by atoms with Crippen LogP contribution in [0, 0.1) is 0 Å². The Balaban J connectivity index is 1.85. The maximum Gasteiger partial charge on any atom is 0.164 e. The van der Waals surface area contributed by atoms with Crippen LogP contribution in [0.25, 0.3) is 33.1 Å². The number of fused-ring (bicyclic) bond motifs is 3. The molecule has 0 aliphatic heterocycles. The fourth-order valence-corrected chi connectivity index (χ4v) is 4.39. The zero-order valence-corrected chi connectivity index (χ0v) is 19.2. The summed E-state index contributed by atoms with van der Waals surface area (Å²) in [7, 11) is 7.43. The second-order valence-electron chi connectivity index (χ2n) is 8.21. The molecule has 6 heteroatoms. The molecule has 0 unspecified atom stereocenters. The molecule has 0 saturated heterocycles. The van der Waals surface area contributed by atoms with Crippen molar-refractivity contribution < 1.29 is 9.47 Å². The molecular formula is C27H26N4O2. The third-order valence-corrected chi connectivity index (χ3v) is 6.02. The average Bonchev–Trinajstić information content (AvgIpc) is 3.32. The van der Waals surface area contributed by atoms with Gasteiger partial charge in [-0.3, -0.25) is 5.10 Å². The maximum atomic E-state index is 5.88. The molecule has 0 radical (unpaired) electrons. The summed E-state index contributed by atoms with van der Waals surface area (Å²) in [6.45, 7) is 0. The van der Waals surface area contributed by atoms with E-state index in [1.165, 1.54) is 5.56 Å². The lowest BCUT2D eigenvalue weighted by Gasteiger charge is -2.19. The van der Waals surface area contributed by atoms with E-state index in [9.17, 15) is 0 Å². The minimum absolute atomic E-state index is 0.687. The number of aromatic amines is 1. The van der Waals surface area contributed by atoms with Crippen molar-refractivity contribution in [3.05, 3.63) is 78.0 Å². The van der Waals surface area contributed by atoms with E-state index in [0.29, 0.717) is 12.2 Å². The molecule has 0 bridgehead atoms. The highest BCUT2D eigenvalue weighted by Gasteiger charge is 2.22. The van der Waals surface area contributed by atoms with Crippen LogP contribution in [0.3, 0.4) is 0 Å². The number of hydrogen-bond donors (Lipinski definition) is 1. The van der Waals surface area contributed by atoms with E-state index in [2.05, 4.69) is 63.6 Å². The second-order valence-corrected chi connectivity index (χ2v) is 8.21. The van der Waals surface area contributed by atoms with Crippen LogP contribution in [0.1, 0.15) is 11.1 Å². The highest BCUT2D eigenvalue weighted by Crippen LogP contribution is 2.44. The number of rotatable bonds is 6. The van der Waals surface area contributed by atoms with Gasteiger partial charge in [0, 0.05) is 53.5 Å². The Morgan fingerprint density at radius 3 is 2.33 bits per heavy atom. The van der Waals surface area contributed by atoms with Gasteiger partial charge in [0.05, 0.1) is 26.1 Å². The van der Waals surface area contributed by atoms with Crippen LogP contribution in [0.5, 0.6) is 11.5 Å². The summed E-state index contributed by atoms with van der Waals surface area (Å²) < 4.78 is 11.7. The Morgan fingerprint density at radius 1 is 0.909 bits per heavy atom. The monoisotopic (exact) mass is 438 g/mol. The number of aromatic nitrogens is 3. The number of hydrogen-bond acceptors (Lipinski definition) is 5. The third-order valence-electron chi connectivity index (χ3n) is 6.02. The van der Waals surface area contributed by atoms with Crippen LogP contribution >= 0.6 is 0 Å². The molecule has 2 heterocycles. The molecule has 166 valence electrons. The average molecular weight is 439 g/mol. The molecule has 3 aromatic carbocycles. The first-order valence-corrected chi connectivity index (χ1v) is 10.8. The Hall–Kier alpha value is -4.06. The molecule has 0 aliphatic rings. The number of benzene rings is 3. The van der Waals surface area contributed by atoms with E-state index in [-0.39, 0.29) is 0 Å². The van der Waals surface area contributed by atoms with Gasteiger partial charge < -0.3 is 14.4 Å². The van der Waals surface area contributed by atoms with Gasteiger partial charge in [-0.05, 0) is 23.8 Å². The van der Waals surface area contributed by atoms with Gasteiger partial charge in [-0.2, -0.15) is 5.10 Å². The lowest BCUT2D eigenvalue weighted by Crippen LogP contribution is -2.08. The predicted molar refractivity (Wildman–Crippen MR) is 134 cm³/mol. The van der Waals surface area contributed by atoms with Crippen molar-refractivity contribution in [2.75, 3.05) is 33.2 Å². The lowest BCUT2D eigenvalue weighted by atomic mass is 9.93. The van der Waals surface area contributed by atoms with Crippen LogP contribution in [0.2, 0.25) is 0 Å². The summed E-state index contributed by atoms with van der Waals surface area (Å²) in [4.78, 5) is 7.04. The first-order valence-electron chi connectivity index (χ1n) is 10.8. The number of H-pyrrole nitrogens is 1. The summed E-state index contributed by atoms with van der Waals surface area (Å²) in [5, 5.41) is 10.4. The first-order chi connectivity index (χ1) is 16.1. The molecule has 0 amide bonds. The number of pyridine rings is 1. The molecule has 1 N–H and O–H groups in total. The van der Waals surface area contributed by atoms with Gasteiger partial charge in [0.15, 0.2) is 17.1 Å². The molecule has 0 aliphatic carbocycles. The smallest absolute Gasteiger partial charge is 0.164 e. The van der Waals surface area contributed by atoms with Crippen molar-refractivity contribution >= 4 is 27.5 Å². The molecule has 0 saturated carbocycles. The minimum atomic E-state index is 0.687. The topological polar surface area (TPSA) is 63.3 Å². The zero-order valence-electron chi connectivity index (χ0n) is 19.2. The molecule has 5 rings (SSSR count). The second kappa shape index (κ2) is 8.47. The van der Waals surface area contributed by atoms with E-state index in [1.807, 2.05) is 32.4 Å². The van der Waals surface area contributed by atoms with Crippen LogP contribution in [-0.4, -0.2) is 43.5 Å². The molecule has 6 nitrogen and oxygen atoms in total.